The number of ether oxygens (including phenoxy) is 2. The van der Waals surface area contributed by atoms with Gasteiger partial charge in [-0.05, 0) is 10.8 Å². The van der Waals surface area contributed by atoms with Crippen molar-refractivity contribution in [3.8, 4) is 0 Å². The van der Waals surface area contributed by atoms with Gasteiger partial charge in [0.25, 0.3) is 0 Å². The lowest BCUT2D eigenvalue weighted by atomic mass is 9.79. The van der Waals surface area contributed by atoms with Crippen molar-refractivity contribution in [3.05, 3.63) is 23.7 Å². The summed E-state index contributed by atoms with van der Waals surface area (Å²) in [7, 11) is 0. The molecule has 2 rings (SSSR count). The van der Waals surface area contributed by atoms with Crippen LogP contribution in [0.2, 0.25) is 0 Å². The maximum absolute atomic E-state index is 11.7. The number of aldehydes is 1. The Morgan fingerprint density at radius 1 is 0.958 bits per heavy atom. The van der Waals surface area contributed by atoms with E-state index >= 15 is 0 Å². The zero-order valence-corrected chi connectivity index (χ0v) is 14.9. The summed E-state index contributed by atoms with van der Waals surface area (Å²) >= 11 is 0. The standard InChI is InChI=1S/C19H26O5/c1-18(2)7-13(21)5-15(9-18)23-12-17(11-20)24-16-6-14(22)8-19(3,4)10-16/h5-6,11,17H,7-10,12H2,1-4H3/t17-/m0/s1. The highest BCUT2D eigenvalue weighted by Gasteiger charge is 2.31. The fraction of sp³-hybridized carbons (Fsp3) is 0.632. The van der Waals surface area contributed by atoms with Crippen molar-refractivity contribution >= 4 is 17.9 Å². The van der Waals surface area contributed by atoms with Crippen LogP contribution in [0.25, 0.3) is 0 Å². The Morgan fingerprint density at radius 2 is 1.46 bits per heavy atom. The molecule has 0 fully saturated rings. The normalized spacial score (nSPS) is 23.8. The summed E-state index contributed by atoms with van der Waals surface area (Å²) in [6.07, 6.45) is 5.08. The monoisotopic (exact) mass is 334 g/mol. The third-order valence-electron chi connectivity index (χ3n) is 4.14. The van der Waals surface area contributed by atoms with E-state index in [2.05, 4.69) is 0 Å². The molecule has 0 aromatic heterocycles. The van der Waals surface area contributed by atoms with E-state index in [0.717, 1.165) is 0 Å². The van der Waals surface area contributed by atoms with Gasteiger partial charge in [0.2, 0.25) is 0 Å². The van der Waals surface area contributed by atoms with Gasteiger partial charge in [-0.25, -0.2) is 0 Å². The summed E-state index contributed by atoms with van der Waals surface area (Å²) in [5, 5.41) is 0. The molecule has 0 spiro atoms. The fourth-order valence-electron chi connectivity index (χ4n) is 3.23. The second kappa shape index (κ2) is 6.91. The molecule has 132 valence electrons. The SMILES string of the molecule is CC1(C)CC(=O)C=C(OC[C@H](C=O)OC2=CC(=O)CC(C)(C)C2)C1. The minimum Gasteiger partial charge on any atom is -0.493 e. The molecule has 1 atom stereocenters. The topological polar surface area (TPSA) is 69.7 Å². The van der Waals surface area contributed by atoms with Crippen molar-refractivity contribution in [1.29, 1.82) is 0 Å². The van der Waals surface area contributed by atoms with Gasteiger partial charge in [-0.2, -0.15) is 0 Å². The van der Waals surface area contributed by atoms with Crippen LogP contribution < -0.4 is 0 Å². The molecule has 0 bridgehead atoms. The van der Waals surface area contributed by atoms with E-state index in [1.807, 2.05) is 27.7 Å². The molecule has 0 aromatic rings. The lowest BCUT2D eigenvalue weighted by molar-refractivity contribution is -0.122. The fourth-order valence-corrected chi connectivity index (χ4v) is 3.23. The van der Waals surface area contributed by atoms with Crippen molar-refractivity contribution in [1.82, 2.24) is 0 Å². The van der Waals surface area contributed by atoms with Gasteiger partial charge >= 0.3 is 0 Å². The van der Waals surface area contributed by atoms with E-state index in [0.29, 0.717) is 43.5 Å². The second-order valence-electron chi connectivity index (χ2n) is 8.29. The van der Waals surface area contributed by atoms with Gasteiger partial charge in [0.15, 0.2) is 24.0 Å². The summed E-state index contributed by atoms with van der Waals surface area (Å²) in [6.45, 7) is 8.04. The minimum absolute atomic E-state index is 0.00847. The average molecular weight is 334 g/mol. The van der Waals surface area contributed by atoms with Crippen molar-refractivity contribution in [2.45, 2.75) is 59.5 Å². The quantitative estimate of drug-likeness (QED) is 0.698. The highest BCUT2D eigenvalue weighted by molar-refractivity contribution is 5.92. The van der Waals surface area contributed by atoms with Gasteiger partial charge in [-0.1, -0.05) is 27.7 Å². The highest BCUT2D eigenvalue weighted by atomic mass is 16.5. The van der Waals surface area contributed by atoms with Crippen LogP contribution in [-0.4, -0.2) is 30.6 Å². The predicted octanol–water partition coefficient (Wildman–Crippen LogP) is 3.13. The molecule has 0 unspecified atom stereocenters. The van der Waals surface area contributed by atoms with Crippen molar-refractivity contribution < 1.29 is 23.9 Å². The molecule has 5 nitrogen and oxygen atoms in total. The summed E-state index contributed by atoms with van der Waals surface area (Å²) in [4.78, 5) is 34.8. The van der Waals surface area contributed by atoms with E-state index in [1.165, 1.54) is 12.2 Å². The van der Waals surface area contributed by atoms with Crippen molar-refractivity contribution in [2.24, 2.45) is 10.8 Å². The number of hydrogen-bond donors (Lipinski definition) is 0. The molecule has 0 N–H and O–H groups in total. The molecule has 0 radical (unpaired) electrons. The summed E-state index contributed by atoms with van der Waals surface area (Å²) in [5.74, 6) is 1.15. The van der Waals surface area contributed by atoms with Crippen molar-refractivity contribution in [3.63, 3.8) is 0 Å². The van der Waals surface area contributed by atoms with E-state index in [4.69, 9.17) is 9.47 Å². The van der Waals surface area contributed by atoms with Crippen LogP contribution >= 0.6 is 0 Å². The Kier molecular flexibility index (Phi) is 5.31. The maximum Gasteiger partial charge on any atom is 0.187 e. The molecule has 0 aromatic carbocycles. The molecule has 24 heavy (non-hydrogen) atoms. The van der Waals surface area contributed by atoms with Crippen LogP contribution in [0.4, 0.5) is 0 Å². The Bertz CT molecular complexity index is 595. The molecule has 0 heterocycles. The molecule has 0 saturated heterocycles. The first-order valence-electron chi connectivity index (χ1n) is 8.30. The number of carbonyl (C=O) groups is 3. The Labute approximate surface area is 143 Å². The van der Waals surface area contributed by atoms with Gasteiger partial charge < -0.3 is 9.47 Å². The van der Waals surface area contributed by atoms with E-state index in [-0.39, 0.29) is 29.0 Å². The summed E-state index contributed by atoms with van der Waals surface area (Å²) in [6, 6.07) is 0. The van der Waals surface area contributed by atoms with Crippen LogP contribution in [0, 0.1) is 10.8 Å². The Morgan fingerprint density at radius 3 is 1.96 bits per heavy atom. The number of hydrogen-bond acceptors (Lipinski definition) is 5. The third-order valence-corrected chi connectivity index (χ3v) is 4.14. The van der Waals surface area contributed by atoms with E-state index in [1.54, 1.807) is 0 Å². The van der Waals surface area contributed by atoms with E-state index in [9.17, 15) is 14.4 Å². The smallest absolute Gasteiger partial charge is 0.187 e. The number of allylic oxidation sites excluding steroid dienone is 4. The highest BCUT2D eigenvalue weighted by Crippen LogP contribution is 2.35. The first-order valence-corrected chi connectivity index (χ1v) is 8.30. The summed E-state index contributed by atoms with van der Waals surface area (Å²) in [5.41, 5.74) is -0.307. The largest absolute Gasteiger partial charge is 0.493 e. The Hall–Kier alpha value is -1.91. The number of ketones is 2. The van der Waals surface area contributed by atoms with Crippen LogP contribution in [0.15, 0.2) is 23.7 Å². The van der Waals surface area contributed by atoms with Gasteiger partial charge in [0, 0.05) is 37.8 Å². The first-order chi connectivity index (χ1) is 11.1. The lowest BCUT2D eigenvalue weighted by Gasteiger charge is -2.31. The number of rotatable bonds is 6. The Balaban J connectivity index is 1.95. The van der Waals surface area contributed by atoms with Crippen molar-refractivity contribution in [2.75, 3.05) is 6.61 Å². The molecule has 2 aliphatic rings. The van der Waals surface area contributed by atoms with Crippen LogP contribution in [0.1, 0.15) is 53.4 Å². The molecule has 2 aliphatic carbocycles. The zero-order valence-electron chi connectivity index (χ0n) is 14.9. The summed E-state index contributed by atoms with van der Waals surface area (Å²) < 4.78 is 11.3. The molecule has 0 aliphatic heterocycles. The first kappa shape index (κ1) is 18.4. The van der Waals surface area contributed by atoms with Crippen LogP contribution in [0.5, 0.6) is 0 Å². The van der Waals surface area contributed by atoms with Crippen LogP contribution in [0.3, 0.4) is 0 Å². The molecular weight excluding hydrogens is 308 g/mol. The average Bonchev–Trinajstić information content (AvgIpc) is 2.38. The van der Waals surface area contributed by atoms with Gasteiger partial charge in [-0.3, -0.25) is 14.4 Å². The van der Waals surface area contributed by atoms with Gasteiger partial charge in [0.05, 0.1) is 0 Å². The molecule has 0 amide bonds. The molecule has 0 saturated carbocycles. The number of carbonyl (C=O) groups excluding carboxylic acids is 3. The van der Waals surface area contributed by atoms with Gasteiger partial charge in [-0.15, -0.1) is 0 Å². The van der Waals surface area contributed by atoms with Gasteiger partial charge in [0.1, 0.15) is 18.1 Å². The predicted molar refractivity (Wildman–Crippen MR) is 89.1 cm³/mol. The molecule has 5 heteroatoms. The lowest BCUT2D eigenvalue weighted by Crippen LogP contribution is -2.28. The zero-order chi connectivity index (χ0) is 18.0. The van der Waals surface area contributed by atoms with E-state index < -0.39 is 6.10 Å². The maximum atomic E-state index is 11.7. The van der Waals surface area contributed by atoms with Crippen LogP contribution in [-0.2, 0) is 23.9 Å². The molecular formula is C19H26O5. The third kappa shape index (κ3) is 5.32. The minimum atomic E-state index is -0.793. The second-order valence-corrected chi connectivity index (χ2v) is 8.29.